The average Bonchev–Trinajstić information content (AvgIpc) is 3.29. The highest BCUT2D eigenvalue weighted by Crippen LogP contribution is 2.40. The SMILES string of the molecule is CC(C)(C)OC(=O)N1C[C@@H](C(F)(F)F)C[C@@H]1C(=O)Nc1ccc(C2CC2)cc1. The minimum Gasteiger partial charge on any atom is -0.444 e. The molecule has 0 bridgehead atoms. The first-order valence-electron chi connectivity index (χ1n) is 9.41. The van der Waals surface area contributed by atoms with Gasteiger partial charge in [0.2, 0.25) is 5.91 Å². The molecule has 2 atom stereocenters. The van der Waals surface area contributed by atoms with E-state index in [1.807, 2.05) is 12.1 Å². The van der Waals surface area contributed by atoms with E-state index in [1.54, 1.807) is 32.9 Å². The summed E-state index contributed by atoms with van der Waals surface area (Å²) in [4.78, 5) is 25.9. The first-order chi connectivity index (χ1) is 12.9. The fraction of sp³-hybridized carbons (Fsp3) is 0.600. The van der Waals surface area contributed by atoms with Crippen LogP contribution in [0.1, 0.15) is 51.5 Å². The molecule has 1 heterocycles. The minimum atomic E-state index is -4.48. The van der Waals surface area contributed by atoms with Crippen LogP contribution in [0.2, 0.25) is 0 Å². The fourth-order valence-electron chi connectivity index (χ4n) is 3.32. The van der Waals surface area contributed by atoms with Gasteiger partial charge < -0.3 is 10.1 Å². The summed E-state index contributed by atoms with van der Waals surface area (Å²) in [6.45, 7) is 4.28. The quantitative estimate of drug-likeness (QED) is 0.804. The van der Waals surface area contributed by atoms with Crippen molar-refractivity contribution in [3.05, 3.63) is 29.8 Å². The molecule has 154 valence electrons. The van der Waals surface area contributed by atoms with Crippen LogP contribution >= 0.6 is 0 Å². The Morgan fingerprint density at radius 3 is 2.21 bits per heavy atom. The molecule has 1 N–H and O–H groups in total. The molecule has 2 amide bonds. The zero-order valence-electron chi connectivity index (χ0n) is 16.2. The van der Waals surface area contributed by atoms with Crippen molar-refractivity contribution in [2.75, 3.05) is 11.9 Å². The van der Waals surface area contributed by atoms with E-state index in [2.05, 4.69) is 5.32 Å². The Bertz CT molecular complexity index is 737. The van der Waals surface area contributed by atoms with Gasteiger partial charge in [-0.3, -0.25) is 9.69 Å². The lowest BCUT2D eigenvalue weighted by Crippen LogP contribution is -2.45. The number of amides is 2. The molecule has 8 heteroatoms. The smallest absolute Gasteiger partial charge is 0.410 e. The van der Waals surface area contributed by atoms with Crippen LogP contribution in [0.3, 0.4) is 0 Å². The molecule has 2 aliphatic rings. The third-order valence-electron chi connectivity index (χ3n) is 4.92. The summed E-state index contributed by atoms with van der Waals surface area (Å²) in [7, 11) is 0. The van der Waals surface area contributed by atoms with Gasteiger partial charge in [0.05, 0.1) is 5.92 Å². The molecule has 1 aromatic rings. The van der Waals surface area contributed by atoms with Gasteiger partial charge in [0, 0.05) is 12.2 Å². The number of hydrogen-bond donors (Lipinski definition) is 1. The van der Waals surface area contributed by atoms with Crippen molar-refractivity contribution in [3.8, 4) is 0 Å². The number of carbonyl (C=O) groups is 2. The summed E-state index contributed by atoms with van der Waals surface area (Å²) in [5.74, 6) is -1.83. The monoisotopic (exact) mass is 398 g/mol. The number of likely N-dealkylation sites (tertiary alicyclic amines) is 1. The molecule has 0 aromatic heterocycles. The van der Waals surface area contributed by atoms with E-state index in [-0.39, 0.29) is 0 Å². The highest BCUT2D eigenvalue weighted by Gasteiger charge is 2.51. The standard InChI is InChI=1S/C20H25F3N2O3/c1-19(2,3)28-18(27)25-11-14(20(21,22)23)10-16(25)17(26)24-15-8-6-13(7-9-15)12-4-5-12/h6-9,12,14,16H,4-5,10-11H2,1-3H3,(H,24,26)/t14-,16+/m0/s1. The van der Waals surface area contributed by atoms with E-state index >= 15 is 0 Å². The number of anilines is 1. The van der Waals surface area contributed by atoms with Crippen LogP contribution in [0, 0.1) is 5.92 Å². The normalized spacial score (nSPS) is 22.9. The van der Waals surface area contributed by atoms with Gasteiger partial charge in [0.25, 0.3) is 0 Å². The van der Waals surface area contributed by atoms with Gasteiger partial charge in [0.15, 0.2) is 0 Å². The van der Waals surface area contributed by atoms with E-state index in [0.717, 1.165) is 17.7 Å². The number of halogens is 3. The fourth-order valence-corrected chi connectivity index (χ4v) is 3.32. The molecule has 1 aliphatic carbocycles. The van der Waals surface area contributed by atoms with E-state index in [1.165, 1.54) is 5.56 Å². The molecule has 0 unspecified atom stereocenters. The first-order valence-corrected chi connectivity index (χ1v) is 9.41. The van der Waals surface area contributed by atoms with Gasteiger partial charge in [-0.25, -0.2) is 4.79 Å². The molecule has 1 saturated heterocycles. The lowest BCUT2D eigenvalue weighted by atomic mass is 10.0. The molecule has 1 saturated carbocycles. The number of benzene rings is 1. The van der Waals surface area contributed by atoms with Gasteiger partial charge in [-0.15, -0.1) is 0 Å². The number of rotatable bonds is 3. The Balaban J connectivity index is 1.72. The second-order valence-corrected chi connectivity index (χ2v) is 8.51. The Morgan fingerprint density at radius 2 is 1.71 bits per heavy atom. The summed E-state index contributed by atoms with van der Waals surface area (Å²) in [5.41, 5.74) is 0.813. The Hall–Kier alpha value is -2.25. The summed E-state index contributed by atoms with van der Waals surface area (Å²) >= 11 is 0. The highest BCUT2D eigenvalue weighted by molar-refractivity contribution is 5.97. The van der Waals surface area contributed by atoms with Crippen LogP contribution < -0.4 is 5.32 Å². The van der Waals surface area contributed by atoms with Crippen molar-refractivity contribution in [2.45, 2.75) is 63.8 Å². The summed E-state index contributed by atoms with van der Waals surface area (Å²) in [6.07, 6.45) is -3.58. The minimum absolute atomic E-state index is 0.477. The van der Waals surface area contributed by atoms with Crippen LogP contribution in [0.25, 0.3) is 0 Å². The Labute approximate surface area is 162 Å². The lowest BCUT2D eigenvalue weighted by molar-refractivity contribution is -0.170. The second kappa shape index (κ2) is 7.29. The van der Waals surface area contributed by atoms with E-state index in [4.69, 9.17) is 4.74 Å². The summed E-state index contributed by atoms with van der Waals surface area (Å²) in [6, 6.07) is 6.06. The zero-order valence-corrected chi connectivity index (χ0v) is 16.2. The van der Waals surface area contributed by atoms with Crippen LogP contribution in [0.5, 0.6) is 0 Å². The van der Waals surface area contributed by atoms with Crippen LogP contribution in [0.15, 0.2) is 24.3 Å². The van der Waals surface area contributed by atoms with Crippen LogP contribution in [-0.4, -0.2) is 41.3 Å². The van der Waals surface area contributed by atoms with Crippen molar-refractivity contribution in [2.24, 2.45) is 5.92 Å². The summed E-state index contributed by atoms with van der Waals surface area (Å²) < 4.78 is 44.8. The maximum atomic E-state index is 13.2. The van der Waals surface area contributed by atoms with Gasteiger partial charge in [-0.05, 0) is 63.6 Å². The maximum Gasteiger partial charge on any atom is 0.410 e. The molecule has 3 rings (SSSR count). The molecule has 28 heavy (non-hydrogen) atoms. The topological polar surface area (TPSA) is 58.6 Å². The maximum absolute atomic E-state index is 13.2. The van der Waals surface area contributed by atoms with Gasteiger partial charge in [-0.2, -0.15) is 13.2 Å². The molecule has 0 radical (unpaired) electrons. The highest BCUT2D eigenvalue weighted by atomic mass is 19.4. The Kier molecular flexibility index (Phi) is 5.34. The number of alkyl halides is 3. The number of nitrogens with zero attached hydrogens (tertiary/aromatic N) is 1. The van der Waals surface area contributed by atoms with Crippen molar-refractivity contribution in [1.82, 2.24) is 4.90 Å². The van der Waals surface area contributed by atoms with Crippen molar-refractivity contribution >= 4 is 17.7 Å². The molecule has 5 nitrogen and oxygen atoms in total. The van der Waals surface area contributed by atoms with E-state index in [9.17, 15) is 22.8 Å². The average molecular weight is 398 g/mol. The molecule has 1 aromatic carbocycles. The predicted molar refractivity (Wildman–Crippen MR) is 97.9 cm³/mol. The number of nitrogens with one attached hydrogen (secondary N) is 1. The lowest BCUT2D eigenvalue weighted by Gasteiger charge is -2.28. The van der Waals surface area contributed by atoms with Gasteiger partial charge >= 0.3 is 12.3 Å². The van der Waals surface area contributed by atoms with Gasteiger partial charge in [0.1, 0.15) is 11.6 Å². The number of hydrogen-bond acceptors (Lipinski definition) is 3. The van der Waals surface area contributed by atoms with Gasteiger partial charge in [-0.1, -0.05) is 12.1 Å². The number of carbonyl (C=O) groups excluding carboxylic acids is 2. The first kappa shape index (κ1) is 20.5. The largest absolute Gasteiger partial charge is 0.444 e. The summed E-state index contributed by atoms with van der Waals surface area (Å²) in [5, 5.41) is 2.63. The third-order valence-corrected chi connectivity index (χ3v) is 4.92. The zero-order chi connectivity index (χ0) is 20.7. The molecule has 0 spiro atoms. The van der Waals surface area contributed by atoms with Crippen molar-refractivity contribution < 1.29 is 27.5 Å². The molecular formula is C20H25F3N2O3. The van der Waals surface area contributed by atoms with E-state index < -0.39 is 48.7 Å². The van der Waals surface area contributed by atoms with E-state index in [0.29, 0.717) is 11.6 Å². The van der Waals surface area contributed by atoms with Crippen molar-refractivity contribution in [3.63, 3.8) is 0 Å². The van der Waals surface area contributed by atoms with Crippen molar-refractivity contribution in [1.29, 1.82) is 0 Å². The van der Waals surface area contributed by atoms with Crippen LogP contribution in [0.4, 0.5) is 23.7 Å². The van der Waals surface area contributed by atoms with Crippen LogP contribution in [-0.2, 0) is 9.53 Å². The molecule has 1 aliphatic heterocycles. The predicted octanol–water partition coefficient (Wildman–Crippen LogP) is 4.69. The number of ether oxygens (including phenoxy) is 1. The third kappa shape index (κ3) is 4.97. The second-order valence-electron chi connectivity index (χ2n) is 8.51. The molecular weight excluding hydrogens is 373 g/mol. The molecule has 2 fully saturated rings. The Morgan fingerprint density at radius 1 is 1.11 bits per heavy atom.